The van der Waals surface area contributed by atoms with Gasteiger partial charge in [0.15, 0.2) is 0 Å². The maximum atomic E-state index is 8.87. The fourth-order valence-corrected chi connectivity index (χ4v) is 2.29. The van der Waals surface area contributed by atoms with Crippen LogP contribution in [0.1, 0.15) is 33.3 Å². The van der Waals surface area contributed by atoms with E-state index in [2.05, 4.69) is 49.0 Å². The first kappa shape index (κ1) is 15.7. The van der Waals surface area contributed by atoms with E-state index < -0.39 is 0 Å². The molecule has 0 bridgehead atoms. The van der Waals surface area contributed by atoms with Gasteiger partial charge in [0.25, 0.3) is 0 Å². The molecule has 1 aromatic rings. The molecule has 1 heterocycles. The van der Waals surface area contributed by atoms with Crippen molar-refractivity contribution in [3.05, 3.63) is 22.8 Å². The van der Waals surface area contributed by atoms with Crippen LogP contribution in [0.4, 0.5) is 5.82 Å². The molecule has 0 aliphatic heterocycles. The minimum absolute atomic E-state index is 0.339. The van der Waals surface area contributed by atoms with Crippen LogP contribution in [-0.2, 0) is 0 Å². The van der Waals surface area contributed by atoms with Crippen LogP contribution in [0.25, 0.3) is 0 Å². The summed E-state index contributed by atoms with van der Waals surface area (Å²) in [5, 5.41) is 12.4. The number of rotatable bonds is 6. The number of nitriles is 1. The summed E-state index contributed by atoms with van der Waals surface area (Å²) in [5.41, 5.74) is 0.520. The molecule has 1 rings (SSSR count). The Hall–Kier alpha value is -1.31. The molecular weight excluding hydrogens is 260 g/mol. The van der Waals surface area contributed by atoms with Gasteiger partial charge in [-0.05, 0) is 39.8 Å². The second kappa shape index (κ2) is 7.32. The van der Waals surface area contributed by atoms with E-state index in [1.165, 1.54) is 0 Å². The van der Waals surface area contributed by atoms with Gasteiger partial charge in [0.2, 0.25) is 0 Å². The third kappa shape index (κ3) is 5.06. The normalized spacial score (nSPS) is 11.1. The van der Waals surface area contributed by atoms with Crippen molar-refractivity contribution < 1.29 is 0 Å². The number of pyridine rings is 1. The molecule has 0 aliphatic carbocycles. The highest BCUT2D eigenvalue weighted by Crippen LogP contribution is 2.13. The molecule has 0 atom stereocenters. The molecule has 0 radical (unpaired) electrons. The molecule has 104 valence electrons. The van der Waals surface area contributed by atoms with E-state index in [4.69, 9.17) is 16.9 Å². The molecule has 0 fully saturated rings. The molecule has 0 amide bonds. The van der Waals surface area contributed by atoms with Crippen LogP contribution in [0.3, 0.4) is 0 Å². The molecule has 1 aromatic heterocycles. The number of nitrogens with one attached hydrogen (secondary N) is 1. The van der Waals surface area contributed by atoms with Gasteiger partial charge in [-0.3, -0.25) is 4.90 Å². The van der Waals surface area contributed by atoms with Crippen LogP contribution >= 0.6 is 11.6 Å². The van der Waals surface area contributed by atoms with Gasteiger partial charge < -0.3 is 5.32 Å². The number of halogens is 1. The van der Waals surface area contributed by atoms with Crippen molar-refractivity contribution in [2.45, 2.75) is 39.8 Å². The molecule has 0 saturated carbocycles. The molecular formula is C14H21ClN4. The summed E-state index contributed by atoms with van der Waals surface area (Å²) in [4.78, 5) is 6.54. The second-order valence-corrected chi connectivity index (χ2v) is 5.41. The largest absolute Gasteiger partial charge is 0.369 e. The third-order valence-electron chi connectivity index (χ3n) is 2.93. The summed E-state index contributed by atoms with van der Waals surface area (Å²) in [6.45, 7) is 10.4. The Balaban J connectivity index is 2.58. The van der Waals surface area contributed by atoms with Gasteiger partial charge in [-0.2, -0.15) is 5.26 Å². The summed E-state index contributed by atoms with van der Waals surface area (Å²) < 4.78 is 0. The van der Waals surface area contributed by atoms with Crippen LogP contribution in [-0.4, -0.2) is 35.1 Å². The number of aromatic nitrogens is 1. The van der Waals surface area contributed by atoms with Gasteiger partial charge in [0.05, 0.1) is 11.6 Å². The van der Waals surface area contributed by atoms with Crippen LogP contribution in [0.2, 0.25) is 5.15 Å². The lowest BCUT2D eigenvalue weighted by Gasteiger charge is -2.30. The van der Waals surface area contributed by atoms with E-state index in [-0.39, 0.29) is 0 Å². The first-order valence-corrected chi connectivity index (χ1v) is 6.89. The Morgan fingerprint density at radius 1 is 1.32 bits per heavy atom. The number of nitrogens with zero attached hydrogens (tertiary/aromatic N) is 3. The van der Waals surface area contributed by atoms with Crippen molar-refractivity contribution in [2.75, 3.05) is 18.4 Å². The smallest absolute Gasteiger partial charge is 0.132 e. The quantitative estimate of drug-likeness (QED) is 0.814. The average Bonchev–Trinajstić information content (AvgIpc) is 2.32. The van der Waals surface area contributed by atoms with Crippen LogP contribution < -0.4 is 5.32 Å². The van der Waals surface area contributed by atoms with Crippen molar-refractivity contribution in [3.8, 4) is 6.07 Å². The Labute approximate surface area is 120 Å². The predicted molar refractivity (Wildman–Crippen MR) is 79.4 cm³/mol. The predicted octanol–water partition coefficient (Wildman–Crippen LogP) is 3.14. The van der Waals surface area contributed by atoms with Crippen molar-refractivity contribution in [3.63, 3.8) is 0 Å². The number of hydrogen-bond donors (Lipinski definition) is 1. The monoisotopic (exact) mass is 280 g/mol. The van der Waals surface area contributed by atoms with E-state index in [1.807, 2.05) is 0 Å². The van der Waals surface area contributed by atoms with Crippen molar-refractivity contribution >= 4 is 17.4 Å². The highest BCUT2D eigenvalue weighted by atomic mass is 35.5. The Kier molecular flexibility index (Phi) is 6.07. The molecule has 0 saturated heterocycles. The molecule has 19 heavy (non-hydrogen) atoms. The SMILES string of the molecule is CC(C)N(CCNc1cc(C#N)cc(Cl)n1)C(C)C. The molecule has 0 aliphatic rings. The zero-order valence-electron chi connectivity index (χ0n) is 11.9. The maximum absolute atomic E-state index is 8.87. The van der Waals surface area contributed by atoms with Gasteiger partial charge in [0.1, 0.15) is 11.0 Å². The lowest BCUT2D eigenvalue weighted by atomic mass is 10.2. The second-order valence-electron chi connectivity index (χ2n) is 5.03. The van der Waals surface area contributed by atoms with Crippen LogP contribution in [0.5, 0.6) is 0 Å². The van der Waals surface area contributed by atoms with Gasteiger partial charge in [-0.25, -0.2) is 4.98 Å². The summed E-state index contributed by atoms with van der Waals surface area (Å²) >= 11 is 5.86. The lowest BCUT2D eigenvalue weighted by molar-refractivity contribution is 0.182. The molecule has 0 aromatic carbocycles. The standard InChI is InChI=1S/C14H21ClN4/c1-10(2)19(11(3)4)6-5-17-14-8-12(9-16)7-13(15)18-14/h7-8,10-11H,5-6H2,1-4H3,(H,17,18). The fourth-order valence-electron chi connectivity index (χ4n) is 2.08. The number of anilines is 1. The van der Waals surface area contributed by atoms with Crippen LogP contribution in [0, 0.1) is 11.3 Å². The Bertz CT molecular complexity index is 443. The van der Waals surface area contributed by atoms with Crippen molar-refractivity contribution in [1.82, 2.24) is 9.88 Å². The highest BCUT2D eigenvalue weighted by Gasteiger charge is 2.12. The molecule has 5 heteroatoms. The molecule has 0 spiro atoms. The molecule has 0 unspecified atom stereocenters. The van der Waals surface area contributed by atoms with Gasteiger partial charge in [0, 0.05) is 25.2 Å². The van der Waals surface area contributed by atoms with E-state index >= 15 is 0 Å². The van der Waals surface area contributed by atoms with Gasteiger partial charge in [-0.1, -0.05) is 11.6 Å². The first-order chi connectivity index (χ1) is 8.93. The van der Waals surface area contributed by atoms with Crippen molar-refractivity contribution in [1.29, 1.82) is 5.26 Å². The fraction of sp³-hybridized carbons (Fsp3) is 0.571. The van der Waals surface area contributed by atoms with E-state index in [0.717, 1.165) is 13.1 Å². The summed E-state index contributed by atoms with van der Waals surface area (Å²) in [6.07, 6.45) is 0. The lowest BCUT2D eigenvalue weighted by Crippen LogP contribution is -2.40. The van der Waals surface area contributed by atoms with Gasteiger partial charge in [-0.15, -0.1) is 0 Å². The highest BCUT2D eigenvalue weighted by molar-refractivity contribution is 6.29. The molecule has 1 N–H and O–H groups in total. The third-order valence-corrected chi connectivity index (χ3v) is 3.12. The topological polar surface area (TPSA) is 52.0 Å². The van der Waals surface area contributed by atoms with Gasteiger partial charge >= 0.3 is 0 Å². The number of hydrogen-bond acceptors (Lipinski definition) is 4. The molecule has 4 nitrogen and oxygen atoms in total. The van der Waals surface area contributed by atoms with Crippen LogP contribution in [0.15, 0.2) is 12.1 Å². The summed E-state index contributed by atoms with van der Waals surface area (Å²) in [7, 11) is 0. The minimum Gasteiger partial charge on any atom is -0.369 e. The Morgan fingerprint density at radius 2 is 1.95 bits per heavy atom. The zero-order chi connectivity index (χ0) is 14.4. The summed E-state index contributed by atoms with van der Waals surface area (Å²) in [6, 6.07) is 6.34. The Morgan fingerprint density at radius 3 is 2.47 bits per heavy atom. The maximum Gasteiger partial charge on any atom is 0.132 e. The minimum atomic E-state index is 0.339. The zero-order valence-corrected chi connectivity index (χ0v) is 12.7. The summed E-state index contributed by atoms with van der Waals surface area (Å²) in [5.74, 6) is 0.650. The van der Waals surface area contributed by atoms with E-state index in [9.17, 15) is 0 Å². The average molecular weight is 281 g/mol. The van der Waals surface area contributed by atoms with E-state index in [1.54, 1.807) is 12.1 Å². The van der Waals surface area contributed by atoms with Crippen molar-refractivity contribution in [2.24, 2.45) is 0 Å². The van der Waals surface area contributed by atoms with E-state index in [0.29, 0.717) is 28.6 Å². The first-order valence-electron chi connectivity index (χ1n) is 6.51.